The highest BCUT2D eigenvalue weighted by molar-refractivity contribution is 9.10. The van der Waals surface area contributed by atoms with E-state index in [4.69, 9.17) is 27.9 Å². The van der Waals surface area contributed by atoms with Crippen LogP contribution < -0.4 is 4.74 Å². The lowest BCUT2D eigenvalue weighted by Gasteiger charge is -2.07. The number of aromatic nitrogens is 2. The summed E-state index contributed by atoms with van der Waals surface area (Å²) < 4.78 is 6.16. The number of nitrogens with zero attached hydrogens (tertiary/aromatic N) is 2. The summed E-state index contributed by atoms with van der Waals surface area (Å²) in [5.41, 5.74) is 0. The summed E-state index contributed by atoms with van der Waals surface area (Å²) in [6, 6.07) is 4.98. The van der Waals surface area contributed by atoms with Gasteiger partial charge in [0.25, 0.3) is 0 Å². The summed E-state index contributed by atoms with van der Waals surface area (Å²) in [5, 5.41) is 0.983. The van der Waals surface area contributed by atoms with E-state index in [1.54, 1.807) is 24.4 Å². The highest BCUT2D eigenvalue weighted by Gasteiger charge is 2.07. The second-order valence-corrected chi connectivity index (χ2v) is 4.55. The Balaban J connectivity index is 2.31. The smallest absolute Gasteiger partial charge is 0.236 e. The van der Waals surface area contributed by atoms with Gasteiger partial charge in [-0.3, -0.25) is 0 Å². The van der Waals surface area contributed by atoms with Crippen molar-refractivity contribution in [3.05, 3.63) is 45.2 Å². The second-order valence-electron chi connectivity index (χ2n) is 2.85. The number of hydrogen-bond acceptors (Lipinski definition) is 3. The first-order valence-electron chi connectivity index (χ1n) is 4.25. The summed E-state index contributed by atoms with van der Waals surface area (Å²) in [5.74, 6) is 0.893. The Bertz CT molecular complexity index is 522. The molecule has 82 valence electrons. The van der Waals surface area contributed by atoms with Gasteiger partial charge in [0.05, 0.1) is 9.50 Å². The molecule has 0 atom stereocenters. The largest absolute Gasteiger partial charge is 0.436 e. The van der Waals surface area contributed by atoms with E-state index in [2.05, 4.69) is 25.9 Å². The first-order valence-corrected chi connectivity index (χ1v) is 5.80. The maximum absolute atomic E-state index is 5.96. The van der Waals surface area contributed by atoms with Gasteiger partial charge in [-0.25, -0.2) is 9.97 Å². The quantitative estimate of drug-likeness (QED) is 0.826. The van der Waals surface area contributed by atoms with Gasteiger partial charge in [0.2, 0.25) is 5.88 Å². The minimum absolute atomic E-state index is 0.402. The zero-order chi connectivity index (χ0) is 11.5. The number of hydrogen-bond donors (Lipinski definition) is 0. The van der Waals surface area contributed by atoms with Crippen LogP contribution in [-0.2, 0) is 0 Å². The van der Waals surface area contributed by atoms with Gasteiger partial charge in [0.15, 0.2) is 0 Å². The molecule has 0 unspecified atom stereocenters. The summed E-state index contributed by atoms with van der Waals surface area (Å²) in [7, 11) is 0. The minimum Gasteiger partial charge on any atom is -0.436 e. The molecule has 3 nitrogen and oxygen atoms in total. The van der Waals surface area contributed by atoms with Crippen molar-refractivity contribution in [2.45, 2.75) is 0 Å². The lowest BCUT2D eigenvalue weighted by Crippen LogP contribution is -1.90. The molecule has 0 amide bonds. The Morgan fingerprint density at radius 1 is 1.25 bits per heavy atom. The zero-order valence-corrected chi connectivity index (χ0v) is 10.9. The van der Waals surface area contributed by atoms with Gasteiger partial charge in [0, 0.05) is 11.2 Å². The van der Waals surface area contributed by atoms with E-state index in [9.17, 15) is 0 Å². The average molecular weight is 320 g/mol. The first-order chi connectivity index (χ1) is 7.66. The van der Waals surface area contributed by atoms with Crippen LogP contribution in [0.1, 0.15) is 0 Å². The molecule has 16 heavy (non-hydrogen) atoms. The molecular formula is C10H5BrCl2N2O. The van der Waals surface area contributed by atoms with Gasteiger partial charge in [-0.2, -0.15) is 0 Å². The van der Waals surface area contributed by atoms with Crippen LogP contribution in [0.5, 0.6) is 11.6 Å². The third kappa shape index (κ3) is 2.64. The van der Waals surface area contributed by atoms with Crippen LogP contribution >= 0.6 is 39.1 Å². The van der Waals surface area contributed by atoms with Crippen molar-refractivity contribution in [1.29, 1.82) is 0 Å². The van der Waals surface area contributed by atoms with Crippen molar-refractivity contribution >= 4 is 39.1 Å². The molecule has 1 heterocycles. The van der Waals surface area contributed by atoms with Crippen molar-refractivity contribution in [3.63, 3.8) is 0 Å². The van der Waals surface area contributed by atoms with E-state index in [1.165, 1.54) is 6.33 Å². The van der Waals surface area contributed by atoms with Gasteiger partial charge < -0.3 is 4.74 Å². The van der Waals surface area contributed by atoms with Crippen LogP contribution in [0.15, 0.2) is 35.2 Å². The molecule has 6 heteroatoms. The van der Waals surface area contributed by atoms with Crippen LogP contribution in [0.2, 0.25) is 10.0 Å². The van der Waals surface area contributed by atoms with Gasteiger partial charge in [-0.15, -0.1) is 0 Å². The van der Waals surface area contributed by atoms with Crippen LogP contribution in [0.25, 0.3) is 0 Å². The predicted octanol–water partition coefficient (Wildman–Crippen LogP) is 4.34. The molecule has 0 aliphatic heterocycles. The van der Waals surface area contributed by atoms with Crippen LogP contribution in [0.3, 0.4) is 0 Å². The van der Waals surface area contributed by atoms with Crippen molar-refractivity contribution in [3.8, 4) is 11.6 Å². The van der Waals surface area contributed by atoms with Crippen molar-refractivity contribution in [2.75, 3.05) is 0 Å². The molecule has 0 saturated carbocycles. The highest BCUT2D eigenvalue weighted by atomic mass is 79.9. The Kier molecular flexibility index (Phi) is 3.63. The van der Waals surface area contributed by atoms with Gasteiger partial charge in [0.1, 0.15) is 12.1 Å². The predicted molar refractivity (Wildman–Crippen MR) is 66.3 cm³/mol. The lowest BCUT2D eigenvalue weighted by atomic mass is 10.3. The average Bonchev–Trinajstić information content (AvgIpc) is 2.25. The molecule has 0 aliphatic carbocycles. The third-order valence-electron chi connectivity index (χ3n) is 1.73. The van der Waals surface area contributed by atoms with Crippen LogP contribution in [-0.4, -0.2) is 9.97 Å². The highest BCUT2D eigenvalue weighted by Crippen LogP contribution is 2.33. The molecule has 2 rings (SSSR count). The molecule has 0 saturated heterocycles. The molecule has 1 aromatic heterocycles. The minimum atomic E-state index is 0.402. The van der Waals surface area contributed by atoms with Crippen molar-refractivity contribution < 1.29 is 4.74 Å². The van der Waals surface area contributed by atoms with E-state index in [0.29, 0.717) is 26.1 Å². The maximum Gasteiger partial charge on any atom is 0.236 e. The van der Waals surface area contributed by atoms with Crippen molar-refractivity contribution in [2.24, 2.45) is 0 Å². The van der Waals surface area contributed by atoms with E-state index < -0.39 is 0 Å². The number of halogens is 3. The molecular weight excluding hydrogens is 315 g/mol. The van der Waals surface area contributed by atoms with E-state index in [-0.39, 0.29) is 0 Å². The van der Waals surface area contributed by atoms with Gasteiger partial charge in [-0.1, -0.05) is 23.2 Å². The molecule has 1 aromatic carbocycles. The Labute approximate surface area is 111 Å². The fourth-order valence-electron chi connectivity index (χ4n) is 1.04. The second kappa shape index (κ2) is 4.99. The monoisotopic (exact) mass is 318 g/mol. The maximum atomic E-state index is 5.96. The topological polar surface area (TPSA) is 35.0 Å². The molecule has 2 aromatic rings. The van der Waals surface area contributed by atoms with Crippen molar-refractivity contribution in [1.82, 2.24) is 9.97 Å². The Hall–Kier alpha value is -0.840. The molecule has 0 spiro atoms. The Morgan fingerprint density at radius 3 is 2.75 bits per heavy atom. The Morgan fingerprint density at radius 2 is 2.06 bits per heavy atom. The lowest BCUT2D eigenvalue weighted by molar-refractivity contribution is 0.458. The number of ether oxygens (including phenoxy) is 1. The summed E-state index contributed by atoms with van der Waals surface area (Å²) in [4.78, 5) is 7.80. The fraction of sp³-hybridized carbons (Fsp3) is 0. The number of benzene rings is 1. The normalized spacial score (nSPS) is 10.2. The van der Waals surface area contributed by atoms with E-state index >= 15 is 0 Å². The molecule has 0 radical (unpaired) electrons. The summed E-state index contributed by atoms with van der Waals surface area (Å²) >= 11 is 15.0. The fourth-order valence-corrected chi connectivity index (χ4v) is 1.79. The number of rotatable bonds is 2. The zero-order valence-electron chi connectivity index (χ0n) is 7.82. The van der Waals surface area contributed by atoms with Gasteiger partial charge in [-0.05, 0) is 34.1 Å². The van der Waals surface area contributed by atoms with E-state index in [1.807, 2.05) is 0 Å². The van der Waals surface area contributed by atoms with Gasteiger partial charge >= 0.3 is 0 Å². The summed E-state index contributed by atoms with van der Waals surface area (Å²) in [6.45, 7) is 0. The SMILES string of the molecule is Clc1ccc(Oc2ncncc2Br)c(Cl)c1. The first kappa shape index (κ1) is 11.6. The standard InChI is InChI=1S/C10H5BrCl2N2O/c11-7-4-14-5-15-10(7)16-9-2-1-6(12)3-8(9)13/h1-5H. The molecule has 0 N–H and O–H groups in total. The van der Waals surface area contributed by atoms with Crippen LogP contribution in [0, 0.1) is 0 Å². The summed E-state index contributed by atoms with van der Waals surface area (Å²) in [6.07, 6.45) is 2.98. The molecule has 0 bridgehead atoms. The third-order valence-corrected chi connectivity index (χ3v) is 2.81. The molecule has 0 aliphatic rings. The molecule has 0 fully saturated rings. The van der Waals surface area contributed by atoms with Crippen LogP contribution in [0.4, 0.5) is 0 Å². The van der Waals surface area contributed by atoms with E-state index in [0.717, 1.165) is 0 Å².